The molecule has 0 saturated heterocycles. The van der Waals surface area contributed by atoms with Crippen LogP contribution in [0.5, 0.6) is 5.88 Å². The average Bonchev–Trinajstić information content (AvgIpc) is 2.84. The highest BCUT2D eigenvalue weighted by Gasteiger charge is 2.10. The van der Waals surface area contributed by atoms with Crippen molar-refractivity contribution >= 4 is 29.0 Å². The molecule has 0 fully saturated rings. The second-order valence-electron chi connectivity index (χ2n) is 3.50. The van der Waals surface area contributed by atoms with E-state index < -0.39 is 0 Å². The largest absolute Gasteiger partial charge is 0.468 e. The van der Waals surface area contributed by atoms with Gasteiger partial charge in [0.1, 0.15) is 23.2 Å². The second-order valence-corrected chi connectivity index (χ2v) is 4.32. The van der Waals surface area contributed by atoms with Crippen molar-refractivity contribution in [2.45, 2.75) is 13.5 Å². The standard InChI is InChI=1S/C12H12Cl2N2O2/c1-2-15-11-9(13)6-10(14)12(16-11)18-7-8-4-3-5-17-8/h3-6H,2,7H2,1H3,(H,15,16). The van der Waals surface area contributed by atoms with Gasteiger partial charge in [0.15, 0.2) is 0 Å². The summed E-state index contributed by atoms with van der Waals surface area (Å²) in [5.41, 5.74) is 0. The predicted molar refractivity (Wildman–Crippen MR) is 71.5 cm³/mol. The molecule has 0 saturated carbocycles. The molecule has 2 aromatic heterocycles. The van der Waals surface area contributed by atoms with Crippen LogP contribution in [0.3, 0.4) is 0 Å². The Kier molecular flexibility index (Phi) is 4.33. The van der Waals surface area contributed by atoms with Crippen molar-refractivity contribution in [2.24, 2.45) is 0 Å². The molecule has 6 heteroatoms. The number of aromatic nitrogens is 1. The van der Waals surface area contributed by atoms with Gasteiger partial charge in [-0.15, -0.1) is 0 Å². The Labute approximate surface area is 115 Å². The third kappa shape index (κ3) is 3.09. The number of pyridine rings is 1. The maximum absolute atomic E-state index is 6.01. The van der Waals surface area contributed by atoms with Crippen molar-refractivity contribution in [3.63, 3.8) is 0 Å². The molecule has 0 amide bonds. The minimum Gasteiger partial charge on any atom is -0.468 e. The lowest BCUT2D eigenvalue weighted by Crippen LogP contribution is -2.03. The van der Waals surface area contributed by atoms with Crippen LogP contribution in [0.15, 0.2) is 28.9 Å². The molecule has 0 aliphatic rings. The molecule has 0 radical (unpaired) electrons. The fraction of sp³-hybridized carbons (Fsp3) is 0.250. The highest BCUT2D eigenvalue weighted by molar-refractivity contribution is 6.36. The Morgan fingerprint density at radius 2 is 2.22 bits per heavy atom. The van der Waals surface area contributed by atoms with Crippen molar-refractivity contribution in [1.82, 2.24) is 4.98 Å². The van der Waals surface area contributed by atoms with E-state index in [1.165, 1.54) is 0 Å². The number of hydrogen-bond acceptors (Lipinski definition) is 4. The van der Waals surface area contributed by atoms with Crippen LogP contribution >= 0.6 is 23.2 Å². The van der Waals surface area contributed by atoms with Crippen LogP contribution in [-0.2, 0) is 6.61 Å². The molecule has 0 spiro atoms. The van der Waals surface area contributed by atoms with E-state index in [1.807, 2.05) is 13.0 Å². The molecule has 2 heterocycles. The van der Waals surface area contributed by atoms with Crippen molar-refractivity contribution in [3.8, 4) is 5.88 Å². The monoisotopic (exact) mass is 286 g/mol. The van der Waals surface area contributed by atoms with E-state index in [1.54, 1.807) is 18.4 Å². The minimum absolute atomic E-state index is 0.271. The van der Waals surface area contributed by atoms with Gasteiger partial charge >= 0.3 is 0 Å². The molecule has 96 valence electrons. The Morgan fingerprint density at radius 3 is 2.89 bits per heavy atom. The first-order valence-electron chi connectivity index (χ1n) is 5.45. The van der Waals surface area contributed by atoms with E-state index in [9.17, 15) is 0 Å². The van der Waals surface area contributed by atoms with Crippen LogP contribution in [0.25, 0.3) is 0 Å². The molecule has 0 atom stereocenters. The van der Waals surface area contributed by atoms with Gasteiger partial charge in [-0.25, -0.2) is 0 Å². The van der Waals surface area contributed by atoms with Crippen LogP contribution in [0, 0.1) is 0 Å². The summed E-state index contributed by atoms with van der Waals surface area (Å²) in [5, 5.41) is 3.87. The average molecular weight is 287 g/mol. The third-order valence-electron chi connectivity index (χ3n) is 2.17. The van der Waals surface area contributed by atoms with E-state index in [0.29, 0.717) is 34.0 Å². The van der Waals surface area contributed by atoms with Gasteiger partial charge < -0.3 is 14.5 Å². The maximum atomic E-state index is 6.01. The normalized spacial score (nSPS) is 10.4. The lowest BCUT2D eigenvalue weighted by Gasteiger charge is -2.10. The molecule has 0 unspecified atom stereocenters. The molecule has 2 rings (SSSR count). The third-order valence-corrected chi connectivity index (χ3v) is 2.73. The Morgan fingerprint density at radius 1 is 1.39 bits per heavy atom. The number of rotatable bonds is 5. The Bertz CT molecular complexity index is 515. The minimum atomic E-state index is 0.271. The molecule has 0 bridgehead atoms. The fourth-order valence-corrected chi connectivity index (χ4v) is 1.86. The summed E-state index contributed by atoms with van der Waals surface area (Å²) in [7, 11) is 0. The molecular formula is C12H12Cl2N2O2. The van der Waals surface area contributed by atoms with E-state index in [-0.39, 0.29) is 6.61 Å². The maximum Gasteiger partial charge on any atom is 0.235 e. The first-order valence-corrected chi connectivity index (χ1v) is 6.21. The molecule has 1 N–H and O–H groups in total. The molecule has 0 aliphatic heterocycles. The fourth-order valence-electron chi connectivity index (χ4n) is 1.38. The number of halogens is 2. The summed E-state index contributed by atoms with van der Waals surface area (Å²) in [6.45, 7) is 2.94. The summed E-state index contributed by atoms with van der Waals surface area (Å²) < 4.78 is 10.6. The van der Waals surface area contributed by atoms with E-state index >= 15 is 0 Å². The smallest absolute Gasteiger partial charge is 0.235 e. The van der Waals surface area contributed by atoms with Gasteiger partial charge in [-0.3, -0.25) is 0 Å². The van der Waals surface area contributed by atoms with Crippen LogP contribution < -0.4 is 10.1 Å². The zero-order valence-corrected chi connectivity index (χ0v) is 11.3. The van der Waals surface area contributed by atoms with Crippen LogP contribution in [0.4, 0.5) is 5.82 Å². The SMILES string of the molecule is CCNc1nc(OCc2ccco2)c(Cl)cc1Cl. The van der Waals surface area contributed by atoms with E-state index in [2.05, 4.69) is 10.3 Å². The highest BCUT2D eigenvalue weighted by atomic mass is 35.5. The number of furan rings is 1. The molecule has 4 nitrogen and oxygen atoms in total. The zero-order valence-electron chi connectivity index (χ0n) is 9.74. The predicted octanol–water partition coefficient (Wildman–Crippen LogP) is 3.99. The quantitative estimate of drug-likeness (QED) is 0.903. The molecule has 0 aliphatic carbocycles. The summed E-state index contributed by atoms with van der Waals surface area (Å²) in [6, 6.07) is 5.21. The van der Waals surface area contributed by atoms with Gasteiger partial charge in [0.25, 0.3) is 0 Å². The van der Waals surface area contributed by atoms with Crippen molar-refractivity contribution in [3.05, 3.63) is 40.3 Å². The van der Waals surface area contributed by atoms with Gasteiger partial charge in [-0.05, 0) is 25.1 Å². The molecule has 18 heavy (non-hydrogen) atoms. The van der Waals surface area contributed by atoms with Gasteiger partial charge in [-0.2, -0.15) is 4.98 Å². The molecule has 0 aromatic carbocycles. The zero-order chi connectivity index (χ0) is 13.0. The molecular weight excluding hydrogens is 275 g/mol. The van der Waals surface area contributed by atoms with Crippen LogP contribution in [0.1, 0.15) is 12.7 Å². The lowest BCUT2D eigenvalue weighted by atomic mass is 10.4. The summed E-state index contributed by atoms with van der Waals surface area (Å²) in [4.78, 5) is 4.22. The Hall–Kier alpha value is -1.39. The van der Waals surface area contributed by atoms with Gasteiger partial charge in [0, 0.05) is 6.54 Å². The topological polar surface area (TPSA) is 47.3 Å². The highest BCUT2D eigenvalue weighted by Crippen LogP contribution is 2.31. The van der Waals surface area contributed by atoms with E-state index in [0.717, 1.165) is 0 Å². The second kappa shape index (κ2) is 5.98. The summed E-state index contributed by atoms with van der Waals surface area (Å²) in [6.07, 6.45) is 1.58. The van der Waals surface area contributed by atoms with E-state index in [4.69, 9.17) is 32.4 Å². The number of nitrogens with one attached hydrogen (secondary N) is 1. The van der Waals surface area contributed by atoms with Gasteiger partial charge in [0.2, 0.25) is 5.88 Å². The number of hydrogen-bond donors (Lipinski definition) is 1. The van der Waals surface area contributed by atoms with Crippen molar-refractivity contribution in [1.29, 1.82) is 0 Å². The van der Waals surface area contributed by atoms with Gasteiger partial charge in [0.05, 0.1) is 11.3 Å². The van der Waals surface area contributed by atoms with Crippen LogP contribution in [0.2, 0.25) is 10.0 Å². The summed E-state index contributed by atoms with van der Waals surface area (Å²) in [5.74, 6) is 1.58. The van der Waals surface area contributed by atoms with Crippen molar-refractivity contribution < 1.29 is 9.15 Å². The first kappa shape index (κ1) is 13.1. The molecule has 2 aromatic rings. The van der Waals surface area contributed by atoms with Gasteiger partial charge in [-0.1, -0.05) is 23.2 Å². The van der Waals surface area contributed by atoms with Crippen molar-refractivity contribution in [2.75, 3.05) is 11.9 Å². The lowest BCUT2D eigenvalue weighted by molar-refractivity contribution is 0.261. The van der Waals surface area contributed by atoms with Crippen LogP contribution in [-0.4, -0.2) is 11.5 Å². The number of nitrogens with zero attached hydrogens (tertiary/aromatic N) is 1. The Balaban J connectivity index is 2.13. The number of ether oxygens (including phenoxy) is 1. The first-order chi connectivity index (χ1) is 8.70. The summed E-state index contributed by atoms with van der Waals surface area (Å²) >= 11 is 12.0. The number of anilines is 1.